The van der Waals surface area contributed by atoms with Crippen molar-refractivity contribution in [3.05, 3.63) is 34.0 Å². The van der Waals surface area contributed by atoms with Crippen molar-refractivity contribution in [1.29, 1.82) is 0 Å². The van der Waals surface area contributed by atoms with Gasteiger partial charge < -0.3 is 10.1 Å². The van der Waals surface area contributed by atoms with E-state index in [2.05, 4.69) is 21.7 Å². The molecule has 0 saturated carbocycles. The van der Waals surface area contributed by atoms with Gasteiger partial charge in [0.15, 0.2) is 0 Å². The van der Waals surface area contributed by atoms with Gasteiger partial charge in [-0.1, -0.05) is 0 Å². The Labute approximate surface area is 166 Å². The van der Waals surface area contributed by atoms with Crippen molar-refractivity contribution in [2.24, 2.45) is 9.50 Å². The fourth-order valence-electron chi connectivity index (χ4n) is 5.00. The Kier molecular flexibility index (Phi) is 4.17. The first-order chi connectivity index (χ1) is 13.5. The van der Waals surface area contributed by atoms with E-state index in [0.29, 0.717) is 17.3 Å². The van der Waals surface area contributed by atoms with E-state index >= 15 is 0 Å². The minimum atomic E-state index is -3.07. The number of aromatic nitrogens is 2. The van der Waals surface area contributed by atoms with Crippen LogP contribution in [-0.4, -0.2) is 26.8 Å². The molecule has 3 aliphatic rings. The predicted octanol–water partition coefficient (Wildman–Crippen LogP) is 2.72. The first-order valence-electron chi connectivity index (χ1n) is 10.1. The molecule has 1 aromatic carbocycles. The number of rotatable bonds is 4. The SMILES string of the molecule is Cc1c2c(c(NCN=[S@](N)(=O)c3cnn4c3O[C@H](C)C4)c3c1CCC3)CCC2. The van der Waals surface area contributed by atoms with Gasteiger partial charge in [0.1, 0.15) is 27.6 Å². The van der Waals surface area contributed by atoms with Gasteiger partial charge in [0.05, 0.1) is 12.7 Å². The minimum absolute atomic E-state index is 0.00788. The lowest BCUT2D eigenvalue weighted by Crippen LogP contribution is -2.17. The van der Waals surface area contributed by atoms with Crippen molar-refractivity contribution in [1.82, 2.24) is 9.78 Å². The Hall–Kier alpha value is -2.06. The number of nitrogens with zero attached hydrogens (tertiary/aromatic N) is 3. The van der Waals surface area contributed by atoms with Crippen molar-refractivity contribution >= 4 is 15.6 Å². The molecule has 0 unspecified atom stereocenters. The number of fused-ring (bicyclic) bond motifs is 3. The Morgan fingerprint density at radius 3 is 2.57 bits per heavy atom. The molecular formula is C20H27N5O2S. The summed E-state index contributed by atoms with van der Waals surface area (Å²) in [5, 5.41) is 13.8. The van der Waals surface area contributed by atoms with Crippen LogP contribution in [0.4, 0.5) is 5.69 Å². The zero-order chi connectivity index (χ0) is 19.5. The number of benzene rings is 1. The average Bonchev–Trinajstić information content (AvgIpc) is 3.39. The highest BCUT2D eigenvalue weighted by Crippen LogP contribution is 2.41. The molecule has 8 heteroatoms. The molecule has 0 saturated heterocycles. The zero-order valence-corrected chi connectivity index (χ0v) is 17.3. The van der Waals surface area contributed by atoms with Crippen LogP contribution in [0.3, 0.4) is 0 Å². The van der Waals surface area contributed by atoms with Crippen molar-refractivity contribution in [2.75, 3.05) is 12.0 Å². The van der Waals surface area contributed by atoms with Crippen LogP contribution in [0, 0.1) is 6.92 Å². The fraction of sp³-hybridized carbons (Fsp3) is 0.550. The standard InChI is InChI=1S/C20H27N5O2S/c1-12-10-25-20(27-12)18(9-23-25)28(21,26)24-11-22-19-16-7-3-5-14(16)13(2)15-6-4-8-17(15)19/h9,12,22H,3-8,10-11H2,1-2H3,(H2,21,24,26)/t12-,28+/m1/s1. The van der Waals surface area contributed by atoms with E-state index < -0.39 is 9.92 Å². The van der Waals surface area contributed by atoms with Crippen LogP contribution in [-0.2, 0) is 42.1 Å². The van der Waals surface area contributed by atoms with Crippen molar-refractivity contribution < 1.29 is 8.95 Å². The highest BCUT2D eigenvalue weighted by Gasteiger charge is 2.29. The maximum atomic E-state index is 13.1. The van der Waals surface area contributed by atoms with Gasteiger partial charge in [0.25, 0.3) is 0 Å². The number of hydrogen-bond donors (Lipinski definition) is 2. The van der Waals surface area contributed by atoms with Crippen molar-refractivity contribution in [2.45, 2.75) is 69.9 Å². The summed E-state index contributed by atoms with van der Waals surface area (Å²) in [4.78, 5) is 0.387. The number of hydrogen-bond acceptors (Lipinski definition) is 5. The summed E-state index contributed by atoms with van der Waals surface area (Å²) in [5.74, 6) is 0.487. The third-order valence-electron chi connectivity index (χ3n) is 6.27. The smallest absolute Gasteiger partial charge is 0.231 e. The first kappa shape index (κ1) is 18.0. The molecule has 28 heavy (non-hydrogen) atoms. The molecule has 0 spiro atoms. The fourth-order valence-corrected chi connectivity index (χ4v) is 6.00. The van der Waals surface area contributed by atoms with Gasteiger partial charge in [-0.15, -0.1) is 0 Å². The van der Waals surface area contributed by atoms with Crippen LogP contribution >= 0.6 is 0 Å². The molecule has 7 nitrogen and oxygen atoms in total. The lowest BCUT2D eigenvalue weighted by Gasteiger charge is -2.19. The molecule has 0 bridgehead atoms. The molecule has 1 aliphatic heterocycles. The molecule has 2 heterocycles. The van der Waals surface area contributed by atoms with E-state index in [1.54, 1.807) is 4.68 Å². The molecule has 2 aliphatic carbocycles. The quantitative estimate of drug-likeness (QED) is 0.824. The van der Waals surface area contributed by atoms with E-state index in [0.717, 1.165) is 25.7 Å². The van der Waals surface area contributed by atoms with Crippen molar-refractivity contribution in [3.8, 4) is 5.88 Å². The van der Waals surface area contributed by atoms with E-state index in [4.69, 9.17) is 9.88 Å². The topological polar surface area (TPSA) is 94.5 Å². The highest BCUT2D eigenvalue weighted by molar-refractivity contribution is 7.91. The van der Waals surface area contributed by atoms with Gasteiger partial charge in [-0.05, 0) is 80.2 Å². The summed E-state index contributed by atoms with van der Waals surface area (Å²) in [7, 11) is -3.07. The van der Waals surface area contributed by atoms with Gasteiger partial charge in [-0.2, -0.15) is 9.46 Å². The second-order valence-corrected chi connectivity index (χ2v) is 9.91. The third kappa shape index (κ3) is 2.73. The largest absolute Gasteiger partial charge is 0.472 e. The van der Waals surface area contributed by atoms with E-state index in [9.17, 15) is 4.21 Å². The van der Waals surface area contributed by atoms with Gasteiger partial charge in [0, 0.05) is 5.69 Å². The Bertz CT molecular complexity index is 1050. The van der Waals surface area contributed by atoms with E-state index in [-0.39, 0.29) is 12.8 Å². The number of ether oxygens (including phenoxy) is 1. The number of nitrogens with one attached hydrogen (secondary N) is 1. The Morgan fingerprint density at radius 1 is 1.25 bits per heavy atom. The van der Waals surface area contributed by atoms with Crippen LogP contribution in [0.5, 0.6) is 5.88 Å². The van der Waals surface area contributed by atoms with Gasteiger partial charge in [-0.3, -0.25) is 0 Å². The first-order valence-corrected chi connectivity index (χ1v) is 11.7. The summed E-state index contributed by atoms with van der Waals surface area (Å²) in [6, 6.07) is 0. The second kappa shape index (κ2) is 6.49. The van der Waals surface area contributed by atoms with Crippen LogP contribution in [0.1, 0.15) is 47.6 Å². The number of anilines is 1. The molecule has 1 aromatic heterocycles. The molecule has 3 N–H and O–H groups in total. The van der Waals surface area contributed by atoms with Crippen molar-refractivity contribution in [3.63, 3.8) is 0 Å². The van der Waals surface area contributed by atoms with Gasteiger partial charge in [-0.25, -0.2) is 14.0 Å². The van der Waals surface area contributed by atoms with E-state index in [1.165, 1.54) is 52.5 Å². The highest BCUT2D eigenvalue weighted by atomic mass is 32.2. The van der Waals surface area contributed by atoms with Gasteiger partial charge in [0.2, 0.25) is 5.88 Å². The summed E-state index contributed by atoms with van der Waals surface area (Å²) >= 11 is 0. The molecule has 0 amide bonds. The lowest BCUT2D eigenvalue weighted by atomic mass is 9.93. The second-order valence-electron chi connectivity index (χ2n) is 8.08. The molecular weight excluding hydrogens is 374 g/mol. The molecule has 2 atom stereocenters. The average molecular weight is 402 g/mol. The molecule has 5 rings (SSSR count). The van der Waals surface area contributed by atoms with E-state index in [1.807, 2.05) is 6.92 Å². The summed E-state index contributed by atoms with van der Waals surface area (Å²) in [6.07, 6.45) is 8.46. The molecule has 0 radical (unpaired) electrons. The number of nitrogens with two attached hydrogens (primary N) is 1. The van der Waals surface area contributed by atoms with Crippen LogP contribution in [0.15, 0.2) is 15.5 Å². The Morgan fingerprint density at radius 2 is 1.89 bits per heavy atom. The molecule has 2 aromatic rings. The summed E-state index contributed by atoms with van der Waals surface area (Å²) in [6.45, 7) is 5.09. The lowest BCUT2D eigenvalue weighted by molar-refractivity contribution is 0.248. The van der Waals surface area contributed by atoms with Crippen LogP contribution in [0.2, 0.25) is 0 Å². The maximum absolute atomic E-state index is 13.1. The monoisotopic (exact) mass is 401 g/mol. The van der Waals surface area contributed by atoms with Crippen LogP contribution < -0.4 is 15.2 Å². The molecule has 0 fully saturated rings. The third-order valence-corrected chi connectivity index (χ3v) is 7.70. The molecule has 150 valence electrons. The van der Waals surface area contributed by atoms with Gasteiger partial charge >= 0.3 is 0 Å². The van der Waals surface area contributed by atoms with Crippen LogP contribution in [0.25, 0.3) is 0 Å². The normalized spacial score (nSPS) is 21.6. The maximum Gasteiger partial charge on any atom is 0.231 e. The Balaban J connectivity index is 1.44. The minimum Gasteiger partial charge on any atom is -0.472 e. The zero-order valence-electron chi connectivity index (χ0n) is 16.5. The predicted molar refractivity (Wildman–Crippen MR) is 109 cm³/mol. The summed E-state index contributed by atoms with van der Waals surface area (Å²) < 4.78 is 24.8. The summed E-state index contributed by atoms with van der Waals surface area (Å²) in [5.41, 5.74) is 8.59.